The van der Waals surface area contributed by atoms with Crippen molar-refractivity contribution in [2.45, 2.75) is 0 Å². The van der Waals surface area contributed by atoms with Crippen LogP contribution in [0.1, 0.15) is 16.1 Å². The van der Waals surface area contributed by atoms with Crippen LogP contribution in [0, 0.1) is 3.57 Å². The predicted molar refractivity (Wildman–Crippen MR) is 114 cm³/mol. The number of benzene rings is 2. The number of hydrogen-bond acceptors (Lipinski definition) is 3. The summed E-state index contributed by atoms with van der Waals surface area (Å²) >= 11 is 2.19. The van der Waals surface area contributed by atoms with Gasteiger partial charge in [-0.2, -0.15) is 0 Å². The van der Waals surface area contributed by atoms with E-state index in [0.717, 1.165) is 9.32 Å². The van der Waals surface area contributed by atoms with Crippen molar-refractivity contribution in [3.63, 3.8) is 0 Å². The van der Waals surface area contributed by atoms with E-state index < -0.39 is 11.9 Å². The Hall–Kier alpha value is -3.07. The summed E-state index contributed by atoms with van der Waals surface area (Å²) in [6, 6.07) is 17.9. The van der Waals surface area contributed by atoms with Crippen LogP contribution in [0.15, 0.2) is 72.6 Å². The minimum atomic E-state index is -1.22. The van der Waals surface area contributed by atoms with Gasteiger partial charge in [0.2, 0.25) is 0 Å². The van der Waals surface area contributed by atoms with Gasteiger partial charge in [-0.15, -0.1) is 0 Å². The van der Waals surface area contributed by atoms with Crippen molar-refractivity contribution in [1.29, 1.82) is 0 Å². The molecule has 7 heteroatoms. The molecule has 1 aromatic heterocycles. The first-order chi connectivity index (χ1) is 13.4. The molecule has 3 rings (SSSR count). The average Bonchev–Trinajstić information content (AvgIpc) is 3.10. The lowest BCUT2D eigenvalue weighted by atomic mass is 10.2. The molecular formula is C21H17IN2O4. The van der Waals surface area contributed by atoms with Crippen LogP contribution in [-0.4, -0.2) is 21.6 Å². The summed E-state index contributed by atoms with van der Waals surface area (Å²) in [5.74, 6) is -0.333. The number of carbonyl (C=O) groups is 2. The van der Waals surface area contributed by atoms with E-state index >= 15 is 0 Å². The minimum Gasteiger partial charge on any atom is -0.477 e. The van der Waals surface area contributed by atoms with E-state index in [9.17, 15) is 14.7 Å². The second kappa shape index (κ2) is 8.75. The molecule has 2 aromatic carbocycles. The molecule has 0 unspecified atom stereocenters. The van der Waals surface area contributed by atoms with Gasteiger partial charge in [-0.1, -0.05) is 24.3 Å². The van der Waals surface area contributed by atoms with E-state index in [2.05, 4.69) is 27.9 Å². The number of carboxylic acids is 1. The fraction of sp³-hybridized carbons (Fsp3) is 0.0476. The normalized spacial score (nSPS) is 11.1. The van der Waals surface area contributed by atoms with Crippen LogP contribution >= 0.6 is 22.6 Å². The highest BCUT2D eigenvalue weighted by Gasteiger charge is 2.15. The molecule has 0 fully saturated rings. The highest BCUT2D eigenvalue weighted by molar-refractivity contribution is 14.1. The number of hydrogen-bond donors (Lipinski definition) is 2. The lowest BCUT2D eigenvalue weighted by molar-refractivity contribution is -0.132. The van der Waals surface area contributed by atoms with Crippen molar-refractivity contribution in [1.82, 2.24) is 9.88 Å². The number of amides is 1. The van der Waals surface area contributed by atoms with E-state index in [0.29, 0.717) is 17.0 Å². The van der Waals surface area contributed by atoms with Crippen molar-refractivity contribution >= 4 is 40.5 Å². The second-order valence-corrected chi connectivity index (χ2v) is 7.09. The maximum atomic E-state index is 12.3. The summed E-state index contributed by atoms with van der Waals surface area (Å²) < 4.78 is 8.43. The van der Waals surface area contributed by atoms with Crippen LogP contribution in [0.2, 0.25) is 0 Å². The number of rotatable bonds is 6. The minimum absolute atomic E-state index is 0.211. The SMILES string of the molecule is Cn1cccc1C(=O)N/C(=C\c1ccc(Oc2ccccc2I)cc1)C(=O)O. The van der Waals surface area contributed by atoms with Crippen LogP contribution in [-0.2, 0) is 11.8 Å². The Balaban J connectivity index is 1.76. The molecule has 0 saturated carbocycles. The number of halogens is 1. The van der Waals surface area contributed by atoms with Gasteiger partial charge in [0.1, 0.15) is 22.9 Å². The van der Waals surface area contributed by atoms with Crippen molar-refractivity contribution in [3.05, 3.63) is 87.4 Å². The quantitative estimate of drug-likeness (QED) is 0.401. The van der Waals surface area contributed by atoms with Gasteiger partial charge < -0.3 is 19.7 Å². The molecule has 0 aliphatic carbocycles. The summed E-state index contributed by atoms with van der Waals surface area (Å²) in [7, 11) is 1.71. The molecule has 0 radical (unpaired) electrons. The number of nitrogens with one attached hydrogen (secondary N) is 1. The molecule has 3 aromatic rings. The summed E-state index contributed by atoms with van der Waals surface area (Å²) in [4.78, 5) is 23.8. The maximum Gasteiger partial charge on any atom is 0.352 e. The highest BCUT2D eigenvalue weighted by Crippen LogP contribution is 2.26. The highest BCUT2D eigenvalue weighted by atomic mass is 127. The molecule has 28 heavy (non-hydrogen) atoms. The number of nitrogens with zero attached hydrogens (tertiary/aromatic N) is 1. The number of para-hydroxylation sites is 1. The number of carbonyl (C=O) groups excluding carboxylic acids is 1. The molecule has 1 amide bonds. The van der Waals surface area contributed by atoms with Gasteiger partial charge >= 0.3 is 5.97 Å². The number of aliphatic carboxylic acids is 1. The second-order valence-electron chi connectivity index (χ2n) is 5.92. The van der Waals surface area contributed by atoms with Gasteiger partial charge in [0, 0.05) is 13.2 Å². The molecule has 0 bridgehead atoms. The largest absolute Gasteiger partial charge is 0.477 e. The predicted octanol–water partition coefficient (Wildman–Crippen LogP) is 4.28. The monoisotopic (exact) mass is 488 g/mol. The van der Waals surface area contributed by atoms with Crippen LogP contribution in [0.5, 0.6) is 11.5 Å². The van der Waals surface area contributed by atoms with E-state index in [-0.39, 0.29) is 5.70 Å². The Kier molecular flexibility index (Phi) is 6.15. The molecule has 0 atom stereocenters. The Morgan fingerprint density at radius 3 is 2.39 bits per heavy atom. The standard InChI is InChI=1S/C21H17IN2O4/c1-24-12-4-6-18(24)20(25)23-17(21(26)27)13-14-8-10-15(11-9-14)28-19-7-3-2-5-16(19)22/h2-13H,1H3,(H,23,25)(H,26,27)/b17-13-. The van der Waals surface area contributed by atoms with Gasteiger partial charge in [-0.25, -0.2) is 4.79 Å². The zero-order chi connectivity index (χ0) is 20.1. The van der Waals surface area contributed by atoms with E-state index in [1.165, 1.54) is 6.08 Å². The first-order valence-corrected chi connectivity index (χ1v) is 9.42. The summed E-state index contributed by atoms with van der Waals surface area (Å²) in [5, 5.41) is 11.9. The fourth-order valence-electron chi connectivity index (χ4n) is 2.49. The van der Waals surface area contributed by atoms with Gasteiger partial charge in [0.15, 0.2) is 0 Å². The van der Waals surface area contributed by atoms with Gasteiger partial charge in [0.05, 0.1) is 3.57 Å². The zero-order valence-corrected chi connectivity index (χ0v) is 17.1. The molecule has 1 heterocycles. The Morgan fingerprint density at radius 2 is 1.79 bits per heavy atom. The van der Waals surface area contributed by atoms with E-state index in [1.807, 2.05) is 24.3 Å². The molecule has 0 saturated heterocycles. The summed E-state index contributed by atoms with van der Waals surface area (Å²) in [5.41, 5.74) is 0.783. The van der Waals surface area contributed by atoms with Gasteiger partial charge in [-0.05, 0) is 70.6 Å². The Labute approximate surface area is 175 Å². The van der Waals surface area contributed by atoms with Crippen LogP contribution in [0.25, 0.3) is 6.08 Å². The maximum absolute atomic E-state index is 12.3. The summed E-state index contributed by atoms with van der Waals surface area (Å²) in [6.07, 6.45) is 3.12. The van der Waals surface area contributed by atoms with E-state index in [1.54, 1.807) is 54.2 Å². The molecule has 0 aliphatic heterocycles. The lowest BCUT2D eigenvalue weighted by Crippen LogP contribution is -2.28. The van der Waals surface area contributed by atoms with E-state index in [4.69, 9.17) is 4.74 Å². The van der Waals surface area contributed by atoms with Crippen LogP contribution < -0.4 is 10.1 Å². The van der Waals surface area contributed by atoms with Gasteiger partial charge in [0.25, 0.3) is 5.91 Å². The first kappa shape index (κ1) is 19.7. The third kappa shape index (κ3) is 4.80. The van der Waals surface area contributed by atoms with Crippen molar-refractivity contribution in [2.24, 2.45) is 7.05 Å². The third-order valence-electron chi connectivity index (χ3n) is 3.91. The first-order valence-electron chi connectivity index (χ1n) is 8.34. The molecule has 0 aliphatic rings. The molecule has 0 spiro atoms. The number of carboxylic acid groups (broad SMARTS) is 1. The molecular weight excluding hydrogens is 471 g/mol. The smallest absolute Gasteiger partial charge is 0.352 e. The van der Waals surface area contributed by atoms with Crippen LogP contribution in [0.4, 0.5) is 0 Å². The average molecular weight is 488 g/mol. The van der Waals surface area contributed by atoms with Crippen molar-refractivity contribution in [3.8, 4) is 11.5 Å². The molecule has 6 nitrogen and oxygen atoms in total. The number of aromatic nitrogens is 1. The van der Waals surface area contributed by atoms with Crippen molar-refractivity contribution < 1.29 is 19.4 Å². The lowest BCUT2D eigenvalue weighted by Gasteiger charge is -2.09. The summed E-state index contributed by atoms with van der Waals surface area (Å²) in [6.45, 7) is 0. The zero-order valence-electron chi connectivity index (χ0n) is 14.9. The number of ether oxygens (including phenoxy) is 1. The molecule has 2 N–H and O–H groups in total. The Morgan fingerprint density at radius 1 is 1.07 bits per heavy atom. The van der Waals surface area contributed by atoms with Crippen molar-refractivity contribution in [2.75, 3.05) is 0 Å². The Bertz CT molecular complexity index is 1040. The number of aryl methyl sites for hydroxylation is 1. The molecule has 142 valence electrons. The van der Waals surface area contributed by atoms with Gasteiger partial charge in [-0.3, -0.25) is 4.79 Å². The third-order valence-corrected chi connectivity index (χ3v) is 4.80. The fourth-order valence-corrected chi connectivity index (χ4v) is 2.99. The topological polar surface area (TPSA) is 80.6 Å². The van der Waals surface area contributed by atoms with Crippen LogP contribution in [0.3, 0.4) is 0 Å².